The van der Waals surface area contributed by atoms with E-state index in [1.54, 1.807) is 23.6 Å². The molecule has 7 nitrogen and oxygen atoms in total. The third-order valence-electron chi connectivity index (χ3n) is 4.62. The zero-order chi connectivity index (χ0) is 18.5. The van der Waals surface area contributed by atoms with E-state index in [9.17, 15) is 4.79 Å². The lowest BCUT2D eigenvalue weighted by atomic mass is 10.2. The van der Waals surface area contributed by atoms with Crippen molar-refractivity contribution in [1.82, 2.24) is 24.9 Å². The molecule has 0 bridgehead atoms. The second-order valence-corrected chi connectivity index (χ2v) is 7.39. The molecule has 0 saturated carbocycles. The molecule has 1 amide bonds. The van der Waals surface area contributed by atoms with Crippen molar-refractivity contribution in [2.75, 3.05) is 32.7 Å². The summed E-state index contributed by atoms with van der Waals surface area (Å²) in [7, 11) is 0. The summed E-state index contributed by atoms with van der Waals surface area (Å²) in [6.45, 7) is 4.19. The molecule has 27 heavy (non-hydrogen) atoms. The summed E-state index contributed by atoms with van der Waals surface area (Å²) in [5.41, 5.74) is 0.517. The van der Waals surface area contributed by atoms with Crippen molar-refractivity contribution in [3.8, 4) is 10.7 Å². The van der Waals surface area contributed by atoms with Crippen LogP contribution in [-0.2, 0) is 6.42 Å². The number of carbonyl (C=O) groups is 1. The van der Waals surface area contributed by atoms with E-state index >= 15 is 0 Å². The van der Waals surface area contributed by atoms with Gasteiger partial charge in [0.15, 0.2) is 0 Å². The van der Waals surface area contributed by atoms with Gasteiger partial charge in [-0.1, -0.05) is 17.3 Å². The Bertz CT molecular complexity index is 857. The summed E-state index contributed by atoms with van der Waals surface area (Å²) in [5.74, 6) is 1.37. The molecule has 0 N–H and O–H groups in total. The molecule has 140 valence electrons. The van der Waals surface area contributed by atoms with Crippen molar-refractivity contribution in [2.45, 2.75) is 12.8 Å². The Hall–Kier alpha value is -2.58. The monoisotopic (exact) mass is 383 g/mol. The number of hydrogen-bond donors (Lipinski definition) is 0. The first-order valence-electron chi connectivity index (χ1n) is 9.09. The van der Waals surface area contributed by atoms with Crippen LogP contribution in [-0.4, -0.2) is 63.6 Å². The van der Waals surface area contributed by atoms with Crippen molar-refractivity contribution >= 4 is 17.2 Å². The SMILES string of the molecule is O=C(c1ccccn1)N1CCN(CCCc2nc(-c3cccs3)no2)CC1. The summed E-state index contributed by atoms with van der Waals surface area (Å²) in [4.78, 5) is 26.3. The molecule has 4 rings (SSSR count). The quantitative estimate of drug-likeness (QED) is 0.651. The molecule has 0 unspecified atom stereocenters. The molecule has 0 aliphatic carbocycles. The average molecular weight is 383 g/mol. The fraction of sp³-hybridized carbons (Fsp3) is 0.368. The van der Waals surface area contributed by atoms with Crippen LogP contribution in [0.2, 0.25) is 0 Å². The Kier molecular flexibility index (Phi) is 5.55. The normalized spacial score (nSPS) is 15.2. The van der Waals surface area contributed by atoms with Gasteiger partial charge in [-0.15, -0.1) is 11.3 Å². The molecular weight excluding hydrogens is 362 g/mol. The molecule has 8 heteroatoms. The highest BCUT2D eigenvalue weighted by Gasteiger charge is 2.22. The first kappa shape index (κ1) is 17.8. The Morgan fingerprint density at radius 1 is 1.15 bits per heavy atom. The van der Waals surface area contributed by atoms with Crippen LogP contribution in [0.1, 0.15) is 22.8 Å². The molecule has 4 heterocycles. The van der Waals surface area contributed by atoms with Gasteiger partial charge in [0.05, 0.1) is 4.88 Å². The van der Waals surface area contributed by atoms with Gasteiger partial charge >= 0.3 is 0 Å². The molecular formula is C19H21N5O2S. The van der Waals surface area contributed by atoms with Crippen LogP contribution in [0, 0.1) is 0 Å². The zero-order valence-electron chi connectivity index (χ0n) is 15.0. The second kappa shape index (κ2) is 8.41. The van der Waals surface area contributed by atoms with Gasteiger partial charge in [-0.2, -0.15) is 4.98 Å². The van der Waals surface area contributed by atoms with Crippen LogP contribution in [0.25, 0.3) is 10.7 Å². The van der Waals surface area contributed by atoms with E-state index in [0.717, 1.165) is 50.4 Å². The Morgan fingerprint density at radius 2 is 2.04 bits per heavy atom. The van der Waals surface area contributed by atoms with Gasteiger partial charge in [-0.25, -0.2) is 0 Å². The molecule has 0 atom stereocenters. The Labute approximate surface area is 161 Å². The largest absolute Gasteiger partial charge is 0.339 e. The molecule has 0 spiro atoms. The van der Waals surface area contributed by atoms with Gasteiger partial charge in [-0.05, 0) is 36.5 Å². The number of rotatable bonds is 6. The molecule has 1 fully saturated rings. The zero-order valence-corrected chi connectivity index (χ0v) is 15.8. The van der Waals surface area contributed by atoms with Gasteiger partial charge in [0.25, 0.3) is 5.91 Å². The van der Waals surface area contributed by atoms with E-state index in [2.05, 4.69) is 20.0 Å². The van der Waals surface area contributed by atoms with Gasteiger partial charge in [0.2, 0.25) is 11.7 Å². The average Bonchev–Trinajstić information content (AvgIpc) is 3.40. The van der Waals surface area contributed by atoms with Crippen molar-refractivity contribution < 1.29 is 9.32 Å². The third kappa shape index (κ3) is 4.40. The Morgan fingerprint density at radius 3 is 2.78 bits per heavy atom. The topological polar surface area (TPSA) is 75.4 Å². The van der Waals surface area contributed by atoms with Crippen LogP contribution in [0.3, 0.4) is 0 Å². The minimum atomic E-state index is 0.0159. The minimum Gasteiger partial charge on any atom is -0.339 e. The van der Waals surface area contributed by atoms with Crippen LogP contribution >= 0.6 is 11.3 Å². The first-order chi connectivity index (χ1) is 13.3. The van der Waals surface area contributed by atoms with Crippen molar-refractivity contribution in [2.24, 2.45) is 0 Å². The molecule has 1 aliphatic rings. The van der Waals surface area contributed by atoms with Crippen LogP contribution in [0.4, 0.5) is 0 Å². The first-order valence-corrected chi connectivity index (χ1v) is 9.97. The number of nitrogens with zero attached hydrogens (tertiary/aromatic N) is 5. The maximum absolute atomic E-state index is 12.4. The van der Waals surface area contributed by atoms with E-state index < -0.39 is 0 Å². The lowest BCUT2D eigenvalue weighted by molar-refractivity contribution is 0.0630. The van der Waals surface area contributed by atoms with E-state index in [-0.39, 0.29) is 5.91 Å². The van der Waals surface area contributed by atoms with E-state index in [4.69, 9.17) is 4.52 Å². The van der Waals surface area contributed by atoms with Crippen molar-refractivity contribution in [3.05, 3.63) is 53.5 Å². The summed E-state index contributed by atoms with van der Waals surface area (Å²) >= 11 is 1.61. The smallest absolute Gasteiger partial charge is 0.272 e. The minimum absolute atomic E-state index is 0.0159. The predicted octanol–water partition coefficient (Wildman–Crippen LogP) is 2.58. The number of pyridine rings is 1. The lowest BCUT2D eigenvalue weighted by Gasteiger charge is -2.34. The standard InChI is InChI=1S/C19H21N5O2S/c25-19(15-5-1-2-8-20-15)24-12-10-23(11-13-24)9-3-7-17-21-18(22-26-17)16-6-4-14-27-16/h1-2,4-6,8,14H,3,7,9-13H2. The number of aryl methyl sites for hydroxylation is 1. The summed E-state index contributed by atoms with van der Waals surface area (Å²) in [5, 5.41) is 6.05. The van der Waals surface area contributed by atoms with Crippen LogP contribution in [0.5, 0.6) is 0 Å². The molecule has 3 aromatic heterocycles. The van der Waals surface area contributed by atoms with Gasteiger partial charge in [0.1, 0.15) is 5.69 Å². The highest BCUT2D eigenvalue weighted by molar-refractivity contribution is 7.13. The second-order valence-electron chi connectivity index (χ2n) is 6.44. The van der Waals surface area contributed by atoms with Gasteiger partial charge in [-0.3, -0.25) is 14.7 Å². The lowest BCUT2D eigenvalue weighted by Crippen LogP contribution is -2.49. The highest BCUT2D eigenvalue weighted by atomic mass is 32.1. The number of hydrogen-bond acceptors (Lipinski definition) is 7. The molecule has 0 aromatic carbocycles. The van der Waals surface area contributed by atoms with Crippen molar-refractivity contribution in [3.63, 3.8) is 0 Å². The van der Waals surface area contributed by atoms with Crippen LogP contribution in [0.15, 0.2) is 46.4 Å². The third-order valence-corrected chi connectivity index (χ3v) is 5.48. The van der Waals surface area contributed by atoms with E-state index in [1.165, 1.54) is 0 Å². The molecule has 3 aromatic rings. The molecule has 0 radical (unpaired) electrons. The fourth-order valence-electron chi connectivity index (χ4n) is 3.14. The molecule has 1 saturated heterocycles. The maximum atomic E-state index is 12.4. The number of amides is 1. The van der Waals surface area contributed by atoms with Crippen LogP contribution < -0.4 is 0 Å². The van der Waals surface area contributed by atoms with E-state index in [1.807, 2.05) is 34.5 Å². The summed E-state index contributed by atoms with van der Waals surface area (Å²) in [6.07, 6.45) is 3.39. The Balaban J connectivity index is 1.20. The number of carbonyl (C=O) groups excluding carboxylic acids is 1. The van der Waals surface area contributed by atoms with E-state index in [0.29, 0.717) is 17.4 Å². The summed E-state index contributed by atoms with van der Waals surface area (Å²) in [6, 6.07) is 9.41. The van der Waals surface area contributed by atoms with Crippen molar-refractivity contribution in [1.29, 1.82) is 0 Å². The van der Waals surface area contributed by atoms with Gasteiger partial charge in [0, 0.05) is 38.8 Å². The fourth-order valence-corrected chi connectivity index (χ4v) is 3.79. The molecule has 1 aliphatic heterocycles. The predicted molar refractivity (Wildman–Crippen MR) is 103 cm³/mol. The number of piperazine rings is 1. The maximum Gasteiger partial charge on any atom is 0.272 e. The highest BCUT2D eigenvalue weighted by Crippen LogP contribution is 2.21. The summed E-state index contributed by atoms with van der Waals surface area (Å²) < 4.78 is 5.34. The number of aromatic nitrogens is 3. The van der Waals surface area contributed by atoms with Gasteiger partial charge < -0.3 is 9.42 Å². The number of thiophene rings is 1.